The number of hydrogen-bond donors (Lipinski definition) is 0. The Labute approximate surface area is 130 Å². The maximum atomic E-state index is 12.4. The van der Waals surface area contributed by atoms with Crippen LogP contribution in [-0.2, 0) is 4.79 Å². The lowest BCUT2D eigenvalue weighted by Crippen LogP contribution is -2.28. The number of aliphatic imine (C=N–C) groups is 1. The van der Waals surface area contributed by atoms with Crippen molar-refractivity contribution in [1.82, 2.24) is 9.88 Å². The standard InChI is InChI=1S/C14H13N3O2S2/c1-3-17-12(18)11(8-10-5-4-9(2)19-10)21-14(17)16-13-15-6-7-20-13/h4-8H,3H2,1-2H3/b11-8+,16-14+. The van der Waals surface area contributed by atoms with E-state index in [0.29, 0.717) is 27.5 Å². The van der Waals surface area contributed by atoms with Crippen LogP contribution in [0.5, 0.6) is 0 Å². The molecule has 2 aromatic heterocycles. The number of carbonyl (C=O) groups is 1. The minimum atomic E-state index is -0.0492. The van der Waals surface area contributed by atoms with Crippen molar-refractivity contribution in [3.05, 3.63) is 40.1 Å². The zero-order chi connectivity index (χ0) is 14.8. The zero-order valence-electron chi connectivity index (χ0n) is 11.6. The molecule has 0 spiro atoms. The first-order valence-corrected chi connectivity index (χ1v) is 8.13. The van der Waals surface area contributed by atoms with E-state index in [1.54, 1.807) is 17.2 Å². The molecular weight excluding hydrogens is 306 g/mol. The summed E-state index contributed by atoms with van der Waals surface area (Å²) in [5, 5.41) is 3.17. The van der Waals surface area contributed by atoms with Gasteiger partial charge in [-0.3, -0.25) is 9.69 Å². The van der Waals surface area contributed by atoms with Crippen LogP contribution in [-0.4, -0.2) is 27.5 Å². The van der Waals surface area contributed by atoms with Crippen LogP contribution in [0.4, 0.5) is 5.13 Å². The largest absolute Gasteiger partial charge is 0.462 e. The second kappa shape index (κ2) is 5.87. The van der Waals surface area contributed by atoms with Gasteiger partial charge in [-0.25, -0.2) is 4.98 Å². The Bertz CT molecular complexity index is 716. The number of thiazole rings is 1. The van der Waals surface area contributed by atoms with E-state index in [-0.39, 0.29) is 5.91 Å². The number of aryl methyl sites for hydroxylation is 1. The predicted molar refractivity (Wildman–Crippen MR) is 85.6 cm³/mol. The molecule has 0 radical (unpaired) electrons. The molecule has 5 nitrogen and oxygen atoms in total. The van der Waals surface area contributed by atoms with Gasteiger partial charge in [-0.15, -0.1) is 11.3 Å². The number of carbonyl (C=O) groups excluding carboxylic acids is 1. The van der Waals surface area contributed by atoms with Crippen molar-refractivity contribution in [2.24, 2.45) is 4.99 Å². The quantitative estimate of drug-likeness (QED) is 0.810. The monoisotopic (exact) mass is 319 g/mol. The fourth-order valence-electron chi connectivity index (χ4n) is 1.88. The molecule has 0 aliphatic carbocycles. The summed E-state index contributed by atoms with van der Waals surface area (Å²) < 4.78 is 5.49. The molecule has 7 heteroatoms. The maximum absolute atomic E-state index is 12.4. The van der Waals surface area contributed by atoms with Crippen molar-refractivity contribution in [2.45, 2.75) is 13.8 Å². The van der Waals surface area contributed by atoms with Crippen LogP contribution in [0, 0.1) is 6.92 Å². The van der Waals surface area contributed by atoms with E-state index in [1.165, 1.54) is 23.1 Å². The molecule has 108 valence electrons. The highest BCUT2D eigenvalue weighted by atomic mass is 32.2. The van der Waals surface area contributed by atoms with Gasteiger partial charge >= 0.3 is 0 Å². The lowest BCUT2D eigenvalue weighted by atomic mass is 10.3. The van der Waals surface area contributed by atoms with Gasteiger partial charge in [0.15, 0.2) is 5.17 Å². The van der Waals surface area contributed by atoms with Gasteiger partial charge in [0.05, 0.1) is 4.91 Å². The summed E-state index contributed by atoms with van der Waals surface area (Å²) in [7, 11) is 0. The van der Waals surface area contributed by atoms with E-state index < -0.39 is 0 Å². The third-order valence-corrected chi connectivity index (χ3v) is 4.52. The summed E-state index contributed by atoms with van der Waals surface area (Å²) >= 11 is 2.79. The number of amides is 1. The molecule has 0 N–H and O–H groups in total. The van der Waals surface area contributed by atoms with Crippen LogP contribution in [0.25, 0.3) is 6.08 Å². The van der Waals surface area contributed by atoms with E-state index in [4.69, 9.17) is 4.42 Å². The van der Waals surface area contributed by atoms with Crippen molar-refractivity contribution in [2.75, 3.05) is 6.54 Å². The van der Waals surface area contributed by atoms with E-state index in [0.717, 1.165) is 5.76 Å². The topological polar surface area (TPSA) is 58.7 Å². The third kappa shape index (κ3) is 2.93. The number of thioether (sulfide) groups is 1. The summed E-state index contributed by atoms with van der Waals surface area (Å²) in [5.74, 6) is 1.45. The first-order valence-electron chi connectivity index (χ1n) is 6.43. The molecule has 3 rings (SSSR count). The minimum absolute atomic E-state index is 0.0492. The number of hydrogen-bond acceptors (Lipinski definition) is 6. The smallest absolute Gasteiger partial charge is 0.266 e. The minimum Gasteiger partial charge on any atom is -0.462 e. The van der Waals surface area contributed by atoms with Crippen molar-refractivity contribution >= 4 is 45.4 Å². The van der Waals surface area contributed by atoms with Crippen molar-refractivity contribution in [1.29, 1.82) is 0 Å². The van der Waals surface area contributed by atoms with Gasteiger partial charge in [-0.2, -0.15) is 4.99 Å². The van der Waals surface area contributed by atoms with Crippen LogP contribution >= 0.6 is 23.1 Å². The highest BCUT2D eigenvalue weighted by Gasteiger charge is 2.32. The summed E-state index contributed by atoms with van der Waals surface area (Å²) in [5.41, 5.74) is 0. The molecule has 0 atom stereocenters. The molecule has 0 aromatic carbocycles. The van der Waals surface area contributed by atoms with Crippen LogP contribution in [0.2, 0.25) is 0 Å². The number of furan rings is 1. The Hall–Kier alpha value is -1.86. The number of likely N-dealkylation sites (N-methyl/N-ethyl adjacent to an activating group) is 1. The van der Waals surface area contributed by atoms with Gasteiger partial charge in [-0.1, -0.05) is 0 Å². The molecule has 1 saturated heterocycles. The van der Waals surface area contributed by atoms with E-state index >= 15 is 0 Å². The fraction of sp³-hybridized carbons (Fsp3) is 0.214. The SMILES string of the molecule is CCN1C(=O)/C(=C\c2ccc(C)o2)S/C1=N/c1nccs1. The molecule has 0 unspecified atom stereocenters. The summed E-state index contributed by atoms with van der Waals surface area (Å²) in [6.45, 7) is 4.37. The number of rotatable bonds is 3. The van der Waals surface area contributed by atoms with Gasteiger partial charge in [-0.05, 0) is 37.7 Å². The highest BCUT2D eigenvalue weighted by molar-refractivity contribution is 8.18. The second-order valence-electron chi connectivity index (χ2n) is 4.32. The van der Waals surface area contributed by atoms with Gasteiger partial charge in [0.2, 0.25) is 5.13 Å². The summed E-state index contributed by atoms with van der Waals surface area (Å²) in [4.78, 5) is 23.2. The third-order valence-electron chi connectivity index (χ3n) is 2.85. The normalized spacial score (nSPS) is 19.1. The Morgan fingerprint density at radius 1 is 1.48 bits per heavy atom. The Morgan fingerprint density at radius 2 is 2.33 bits per heavy atom. The maximum Gasteiger partial charge on any atom is 0.266 e. The van der Waals surface area contributed by atoms with E-state index in [2.05, 4.69) is 9.98 Å². The number of amidine groups is 1. The van der Waals surface area contributed by atoms with Crippen LogP contribution in [0.3, 0.4) is 0 Å². The van der Waals surface area contributed by atoms with E-state index in [1.807, 2.05) is 31.4 Å². The fourth-order valence-corrected chi connectivity index (χ4v) is 3.47. The first-order chi connectivity index (χ1) is 10.2. The zero-order valence-corrected chi connectivity index (χ0v) is 13.2. The van der Waals surface area contributed by atoms with Crippen molar-refractivity contribution in [3.8, 4) is 0 Å². The molecule has 1 amide bonds. The molecule has 2 aromatic rings. The average molecular weight is 319 g/mol. The molecule has 1 aliphatic heterocycles. The van der Waals surface area contributed by atoms with Crippen molar-refractivity contribution < 1.29 is 9.21 Å². The van der Waals surface area contributed by atoms with Gasteiger partial charge < -0.3 is 4.42 Å². The predicted octanol–water partition coefficient (Wildman–Crippen LogP) is 3.67. The molecule has 3 heterocycles. The Kier molecular flexibility index (Phi) is 3.94. The lowest BCUT2D eigenvalue weighted by Gasteiger charge is -2.11. The molecular formula is C14H13N3O2S2. The molecule has 1 aliphatic rings. The van der Waals surface area contributed by atoms with E-state index in [9.17, 15) is 4.79 Å². The summed E-state index contributed by atoms with van der Waals surface area (Å²) in [6, 6.07) is 3.72. The van der Waals surface area contributed by atoms with Crippen molar-refractivity contribution in [3.63, 3.8) is 0 Å². The first kappa shape index (κ1) is 14.1. The highest BCUT2D eigenvalue weighted by Crippen LogP contribution is 2.34. The van der Waals surface area contributed by atoms with Crippen LogP contribution in [0.1, 0.15) is 18.4 Å². The van der Waals surface area contributed by atoms with Gasteiger partial charge in [0.25, 0.3) is 5.91 Å². The molecule has 0 bridgehead atoms. The van der Waals surface area contributed by atoms with Gasteiger partial charge in [0, 0.05) is 24.2 Å². The number of aromatic nitrogens is 1. The Morgan fingerprint density at radius 3 is 2.95 bits per heavy atom. The lowest BCUT2D eigenvalue weighted by molar-refractivity contribution is -0.122. The van der Waals surface area contributed by atoms with Crippen LogP contribution in [0.15, 0.2) is 38.0 Å². The Balaban J connectivity index is 1.92. The molecule has 0 saturated carbocycles. The molecule has 21 heavy (non-hydrogen) atoms. The average Bonchev–Trinajstić information content (AvgIpc) is 3.15. The molecule has 1 fully saturated rings. The van der Waals surface area contributed by atoms with Gasteiger partial charge in [0.1, 0.15) is 11.5 Å². The van der Waals surface area contributed by atoms with Crippen LogP contribution < -0.4 is 0 Å². The number of nitrogens with zero attached hydrogens (tertiary/aromatic N) is 3. The summed E-state index contributed by atoms with van der Waals surface area (Å²) in [6.07, 6.45) is 3.46. The second-order valence-corrected chi connectivity index (χ2v) is 6.20.